The summed E-state index contributed by atoms with van der Waals surface area (Å²) >= 11 is 14.4. The molecule has 1 amide bonds. The van der Waals surface area contributed by atoms with Crippen molar-refractivity contribution >= 4 is 78.1 Å². The van der Waals surface area contributed by atoms with E-state index in [1.807, 2.05) is 18.2 Å². The molecule has 158 valence electrons. The standard InChI is InChI=1S/C22H21Br2ClN2O2S/c1-2-3-4-5-10-29-20-17(23)11-14(12-18(20)24)13-19-21(28)27-22(30-19)26-16-8-6-15(25)7-9-16/h6-9,11-13H,2-5,10H2,1H3,(H,26,27,28)/b19-13+. The van der Waals surface area contributed by atoms with Gasteiger partial charge in [0.25, 0.3) is 5.91 Å². The molecular formula is C22H21Br2ClN2O2S. The minimum absolute atomic E-state index is 0.170. The Morgan fingerprint density at radius 1 is 1.13 bits per heavy atom. The van der Waals surface area contributed by atoms with E-state index in [0.717, 1.165) is 32.4 Å². The summed E-state index contributed by atoms with van der Waals surface area (Å²) in [4.78, 5) is 17.4. The van der Waals surface area contributed by atoms with Gasteiger partial charge in [-0.05, 0) is 98.1 Å². The Morgan fingerprint density at radius 2 is 1.83 bits per heavy atom. The Balaban J connectivity index is 1.70. The van der Waals surface area contributed by atoms with Crippen molar-refractivity contribution in [1.82, 2.24) is 5.32 Å². The van der Waals surface area contributed by atoms with Crippen LogP contribution in [-0.2, 0) is 4.79 Å². The molecule has 0 bridgehead atoms. The summed E-state index contributed by atoms with van der Waals surface area (Å²) in [7, 11) is 0. The number of amides is 1. The largest absolute Gasteiger partial charge is 0.491 e. The molecule has 2 aromatic carbocycles. The lowest BCUT2D eigenvalue weighted by Crippen LogP contribution is -2.19. The number of benzene rings is 2. The van der Waals surface area contributed by atoms with E-state index in [2.05, 4.69) is 49.1 Å². The summed E-state index contributed by atoms with van der Waals surface area (Å²) in [6, 6.07) is 11.0. The quantitative estimate of drug-likeness (QED) is 0.260. The maximum Gasteiger partial charge on any atom is 0.264 e. The van der Waals surface area contributed by atoms with E-state index in [0.29, 0.717) is 21.7 Å². The topological polar surface area (TPSA) is 50.7 Å². The van der Waals surface area contributed by atoms with Crippen LogP contribution in [-0.4, -0.2) is 17.7 Å². The summed E-state index contributed by atoms with van der Waals surface area (Å²) in [5, 5.41) is 3.98. The predicted molar refractivity (Wildman–Crippen MR) is 134 cm³/mol. The van der Waals surface area contributed by atoms with Gasteiger partial charge in [-0.2, -0.15) is 0 Å². The lowest BCUT2D eigenvalue weighted by atomic mass is 10.2. The maximum absolute atomic E-state index is 12.3. The van der Waals surface area contributed by atoms with E-state index in [4.69, 9.17) is 16.3 Å². The van der Waals surface area contributed by atoms with Gasteiger partial charge in [0.2, 0.25) is 0 Å². The third-order valence-corrected chi connectivity index (χ3v) is 6.61. The molecule has 0 atom stereocenters. The summed E-state index contributed by atoms with van der Waals surface area (Å²) in [5.74, 6) is 0.610. The summed E-state index contributed by atoms with van der Waals surface area (Å²) in [6.07, 6.45) is 6.47. The highest BCUT2D eigenvalue weighted by molar-refractivity contribution is 9.11. The van der Waals surface area contributed by atoms with Gasteiger partial charge in [0.1, 0.15) is 5.75 Å². The normalized spacial score (nSPS) is 16.3. The highest BCUT2D eigenvalue weighted by Gasteiger charge is 2.24. The highest BCUT2D eigenvalue weighted by Crippen LogP contribution is 2.37. The molecule has 0 aliphatic carbocycles. The van der Waals surface area contributed by atoms with Crippen molar-refractivity contribution in [2.24, 2.45) is 4.99 Å². The molecule has 1 aliphatic rings. The lowest BCUT2D eigenvalue weighted by Gasteiger charge is -2.11. The number of carbonyl (C=O) groups excluding carboxylic acids is 1. The zero-order valence-corrected chi connectivity index (χ0v) is 21.1. The number of nitrogens with zero attached hydrogens (tertiary/aromatic N) is 1. The Hall–Kier alpha value is -1.28. The van der Waals surface area contributed by atoms with Crippen LogP contribution in [0.25, 0.3) is 6.08 Å². The van der Waals surface area contributed by atoms with Gasteiger partial charge in [-0.25, -0.2) is 4.99 Å². The van der Waals surface area contributed by atoms with Crippen molar-refractivity contribution in [3.8, 4) is 5.75 Å². The average Bonchev–Trinajstić information content (AvgIpc) is 3.04. The van der Waals surface area contributed by atoms with Crippen LogP contribution in [0.3, 0.4) is 0 Å². The molecule has 0 aromatic heterocycles. The van der Waals surface area contributed by atoms with Crippen molar-refractivity contribution in [3.05, 3.63) is 60.8 Å². The summed E-state index contributed by atoms with van der Waals surface area (Å²) < 4.78 is 7.61. The van der Waals surface area contributed by atoms with Crippen LogP contribution < -0.4 is 10.1 Å². The van der Waals surface area contributed by atoms with E-state index < -0.39 is 0 Å². The van der Waals surface area contributed by atoms with Gasteiger partial charge in [-0.1, -0.05) is 37.8 Å². The molecule has 30 heavy (non-hydrogen) atoms. The average molecular weight is 573 g/mol. The zero-order chi connectivity index (χ0) is 21.5. The minimum atomic E-state index is -0.170. The highest BCUT2D eigenvalue weighted by atomic mass is 79.9. The smallest absolute Gasteiger partial charge is 0.264 e. The Bertz CT molecular complexity index is 955. The molecule has 4 nitrogen and oxygen atoms in total. The molecule has 0 saturated carbocycles. The zero-order valence-electron chi connectivity index (χ0n) is 16.4. The van der Waals surface area contributed by atoms with Crippen LogP contribution in [0.1, 0.15) is 38.2 Å². The van der Waals surface area contributed by atoms with E-state index in [1.54, 1.807) is 24.3 Å². The molecule has 1 fully saturated rings. The fourth-order valence-electron chi connectivity index (χ4n) is 2.77. The van der Waals surface area contributed by atoms with Crippen LogP contribution in [0.15, 0.2) is 55.2 Å². The number of carbonyl (C=O) groups is 1. The summed E-state index contributed by atoms with van der Waals surface area (Å²) in [6.45, 7) is 2.87. The van der Waals surface area contributed by atoms with E-state index in [-0.39, 0.29) is 5.91 Å². The van der Waals surface area contributed by atoms with Gasteiger partial charge < -0.3 is 10.1 Å². The second-order valence-electron chi connectivity index (χ2n) is 6.68. The fraction of sp³-hybridized carbons (Fsp3) is 0.273. The number of unbranched alkanes of at least 4 members (excludes halogenated alkanes) is 3. The van der Waals surface area contributed by atoms with E-state index in [9.17, 15) is 4.79 Å². The Morgan fingerprint density at radius 3 is 2.50 bits per heavy atom. The first-order chi connectivity index (χ1) is 14.5. The first-order valence-electron chi connectivity index (χ1n) is 9.63. The van der Waals surface area contributed by atoms with Gasteiger partial charge in [0.15, 0.2) is 5.17 Å². The Kier molecular flexibility index (Phi) is 8.86. The summed E-state index contributed by atoms with van der Waals surface area (Å²) in [5.41, 5.74) is 1.62. The first-order valence-corrected chi connectivity index (χ1v) is 12.4. The number of hydrogen-bond donors (Lipinski definition) is 1. The number of rotatable bonds is 8. The number of ether oxygens (including phenoxy) is 1. The van der Waals surface area contributed by atoms with Gasteiger partial charge in [-0.3, -0.25) is 4.79 Å². The molecule has 0 spiro atoms. The molecule has 1 aliphatic heterocycles. The van der Waals surface area contributed by atoms with Crippen molar-refractivity contribution in [2.45, 2.75) is 32.6 Å². The monoisotopic (exact) mass is 570 g/mol. The molecule has 1 N–H and O–H groups in total. The van der Waals surface area contributed by atoms with Crippen molar-refractivity contribution in [3.63, 3.8) is 0 Å². The molecule has 0 unspecified atom stereocenters. The van der Waals surface area contributed by atoms with E-state index in [1.165, 1.54) is 31.0 Å². The fourth-order valence-corrected chi connectivity index (χ4v) is 5.19. The van der Waals surface area contributed by atoms with Crippen LogP contribution >= 0.6 is 55.2 Å². The number of hydrogen-bond acceptors (Lipinski definition) is 4. The molecule has 1 saturated heterocycles. The lowest BCUT2D eigenvalue weighted by molar-refractivity contribution is -0.115. The molecular weight excluding hydrogens is 552 g/mol. The van der Waals surface area contributed by atoms with Crippen LogP contribution in [0, 0.1) is 0 Å². The molecule has 1 heterocycles. The van der Waals surface area contributed by atoms with Crippen LogP contribution in [0.4, 0.5) is 5.69 Å². The first kappa shape index (κ1) is 23.4. The predicted octanol–water partition coefficient (Wildman–Crippen LogP) is 7.72. The minimum Gasteiger partial charge on any atom is -0.491 e. The molecule has 2 aromatic rings. The van der Waals surface area contributed by atoms with Crippen LogP contribution in [0.2, 0.25) is 5.02 Å². The number of nitrogens with one attached hydrogen (secondary N) is 1. The Labute approximate surface area is 202 Å². The van der Waals surface area contributed by atoms with Gasteiger partial charge in [-0.15, -0.1) is 0 Å². The van der Waals surface area contributed by atoms with Crippen molar-refractivity contribution in [1.29, 1.82) is 0 Å². The number of halogens is 3. The number of aliphatic imine (C=N–C) groups is 1. The molecule has 8 heteroatoms. The van der Waals surface area contributed by atoms with E-state index >= 15 is 0 Å². The maximum atomic E-state index is 12.3. The molecule has 3 rings (SSSR count). The third-order valence-electron chi connectivity index (χ3n) is 4.27. The van der Waals surface area contributed by atoms with Crippen LogP contribution in [0.5, 0.6) is 5.75 Å². The third kappa shape index (κ3) is 6.61. The number of thioether (sulfide) groups is 1. The van der Waals surface area contributed by atoms with Crippen molar-refractivity contribution in [2.75, 3.05) is 6.61 Å². The SMILES string of the molecule is CCCCCCOc1c(Br)cc(/C=C2/SC(=Nc3ccc(Cl)cc3)NC2=O)cc1Br. The van der Waals surface area contributed by atoms with Gasteiger partial charge >= 0.3 is 0 Å². The molecule has 0 radical (unpaired) electrons. The second kappa shape index (κ2) is 11.4. The van der Waals surface area contributed by atoms with Crippen molar-refractivity contribution < 1.29 is 9.53 Å². The van der Waals surface area contributed by atoms with Gasteiger partial charge in [0, 0.05) is 5.02 Å². The number of amidine groups is 1. The second-order valence-corrected chi connectivity index (χ2v) is 9.86. The van der Waals surface area contributed by atoms with Gasteiger partial charge in [0.05, 0.1) is 26.1 Å².